The van der Waals surface area contributed by atoms with Crippen molar-refractivity contribution in [3.8, 4) is 0 Å². The first-order chi connectivity index (χ1) is 11.6. The molecule has 0 spiro atoms. The Hall–Kier alpha value is -2.01. The highest BCUT2D eigenvalue weighted by atomic mass is 19.4. The first kappa shape index (κ1) is 17.8. The summed E-state index contributed by atoms with van der Waals surface area (Å²) in [7, 11) is 0. The summed E-state index contributed by atoms with van der Waals surface area (Å²) in [6.45, 7) is 0.683. The number of fused-ring (bicyclic) bond motifs is 1. The number of rotatable bonds is 2. The Morgan fingerprint density at radius 1 is 1.28 bits per heavy atom. The quantitative estimate of drug-likeness (QED) is 0.616. The molecule has 1 saturated heterocycles. The first-order valence-corrected chi connectivity index (χ1v) is 7.37. The minimum Gasteiger partial charge on any atom is -0.394 e. The number of hydrogen-bond donors (Lipinski definition) is 4. The van der Waals surface area contributed by atoms with Crippen LogP contribution in [0.1, 0.15) is 22.9 Å². The fourth-order valence-corrected chi connectivity index (χ4v) is 2.91. The fourth-order valence-electron chi connectivity index (χ4n) is 2.91. The van der Waals surface area contributed by atoms with Crippen LogP contribution >= 0.6 is 0 Å². The zero-order valence-electron chi connectivity index (χ0n) is 12.9. The minimum absolute atomic E-state index is 0.0732. The van der Waals surface area contributed by atoms with Gasteiger partial charge in [0.05, 0.1) is 6.61 Å². The van der Waals surface area contributed by atoms with E-state index in [1.807, 2.05) is 0 Å². The molecule has 2 aromatic heterocycles. The molecule has 4 atom stereocenters. The van der Waals surface area contributed by atoms with Crippen molar-refractivity contribution in [1.29, 1.82) is 0 Å². The van der Waals surface area contributed by atoms with Crippen LogP contribution in [-0.4, -0.2) is 50.2 Å². The van der Waals surface area contributed by atoms with E-state index in [2.05, 4.69) is 9.97 Å². The number of nitrogens with one attached hydrogen (secondary N) is 1. The van der Waals surface area contributed by atoms with E-state index in [1.165, 1.54) is 19.1 Å². The van der Waals surface area contributed by atoms with Gasteiger partial charge in [0.15, 0.2) is 0 Å². The van der Waals surface area contributed by atoms with Crippen LogP contribution in [-0.2, 0) is 10.9 Å². The van der Waals surface area contributed by atoms with E-state index in [1.54, 1.807) is 0 Å². The number of aromatic amines is 1. The van der Waals surface area contributed by atoms with E-state index in [4.69, 9.17) is 9.84 Å². The van der Waals surface area contributed by atoms with Gasteiger partial charge in [0, 0.05) is 10.9 Å². The second kappa shape index (κ2) is 6.06. The van der Waals surface area contributed by atoms with Gasteiger partial charge in [-0.15, -0.1) is 0 Å². The molecule has 3 rings (SSSR count). The van der Waals surface area contributed by atoms with Crippen molar-refractivity contribution < 1.29 is 33.2 Å². The number of alkyl halides is 3. The Morgan fingerprint density at radius 3 is 2.52 bits per heavy atom. The van der Waals surface area contributed by atoms with Gasteiger partial charge in [-0.2, -0.15) is 13.2 Å². The average Bonchev–Trinajstić information content (AvgIpc) is 2.81. The molecule has 1 fully saturated rings. The lowest BCUT2D eigenvalue weighted by molar-refractivity contribution is -0.141. The molecule has 0 saturated carbocycles. The number of aryl methyl sites for hydroxylation is 1. The van der Waals surface area contributed by atoms with Crippen LogP contribution in [0, 0.1) is 6.92 Å². The highest BCUT2D eigenvalue weighted by molar-refractivity contribution is 5.76. The molecule has 0 aliphatic carbocycles. The Morgan fingerprint density at radius 2 is 1.96 bits per heavy atom. The normalized spacial score (nSPS) is 27.2. The van der Waals surface area contributed by atoms with E-state index < -0.39 is 48.5 Å². The van der Waals surface area contributed by atoms with Gasteiger partial charge in [-0.05, 0) is 24.6 Å². The second-order valence-corrected chi connectivity index (χ2v) is 5.90. The van der Waals surface area contributed by atoms with Crippen molar-refractivity contribution in [1.82, 2.24) is 9.97 Å². The molecule has 7 nitrogen and oxygen atoms in total. The molecule has 10 heteroatoms. The third-order valence-corrected chi connectivity index (χ3v) is 4.17. The van der Waals surface area contributed by atoms with Crippen LogP contribution in [0.3, 0.4) is 0 Å². The first-order valence-electron chi connectivity index (χ1n) is 7.37. The summed E-state index contributed by atoms with van der Waals surface area (Å²) < 4.78 is 44.0. The van der Waals surface area contributed by atoms with E-state index in [-0.39, 0.29) is 22.2 Å². The lowest BCUT2D eigenvalue weighted by Gasteiger charge is -2.15. The molecule has 4 N–H and O–H groups in total. The summed E-state index contributed by atoms with van der Waals surface area (Å²) in [5.41, 5.74) is -2.35. The number of H-pyrrole nitrogens is 1. The van der Waals surface area contributed by atoms with Crippen LogP contribution in [0.4, 0.5) is 13.2 Å². The Kier molecular flexibility index (Phi) is 4.31. The van der Waals surface area contributed by atoms with Gasteiger partial charge >= 0.3 is 6.18 Å². The van der Waals surface area contributed by atoms with Crippen LogP contribution in [0.2, 0.25) is 0 Å². The SMILES string of the molecule is Cc1cc2cc([C@@H]3O[C@H](CO)C(O)[C@@H]3O)c(=O)[nH]c2nc1C(F)(F)F. The number of aliphatic hydroxyl groups is 3. The van der Waals surface area contributed by atoms with Crippen LogP contribution < -0.4 is 5.56 Å². The summed E-state index contributed by atoms with van der Waals surface area (Å²) in [5.74, 6) is 0. The number of aliphatic hydroxyl groups excluding tert-OH is 3. The summed E-state index contributed by atoms with van der Waals surface area (Å²) >= 11 is 0. The van der Waals surface area contributed by atoms with Crippen molar-refractivity contribution in [2.24, 2.45) is 0 Å². The Bertz CT molecular complexity index is 867. The van der Waals surface area contributed by atoms with Crippen LogP contribution in [0.5, 0.6) is 0 Å². The highest BCUT2D eigenvalue weighted by Crippen LogP contribution is 2.34. The highest BCUT2D eigenvalue weighted by Gasteiger charge is 2.44. The lowest BCUT2D eigenvalue weighted by Crippen LogP contribution is -2.33. The van der Waals surface area contributed by atoms with E-state index in [0.717, 1.165) is 0 Å². The molecule has 1 aliphatic heterocycles. The predicted octanol–water partition coefficient (Wildman–Crippen LogP) is 0.404. The number of pyridine rings is 2. The lowest BCUT2D eigenvalue weighted by atomic mass is 10.0. The number of ether oxygens (including phenoxy) is 1. The maximum atomic E-state index is 12.9. The zero-order chi connectivity index (χ0) is 18.5. The monoisotopic (exact) mass is 360 g/mol. The van der Waals surface area contributed by atoms with E-state index >= 15 is 0 Å². The summed E-state index contributed by atoms with van der Waals surface area (Å²) in [5, 5.41) is 29.1. The third-order valence-electron chi connectivity index (χ3n) is 4.17. The van der Waals surface area contributed by atoms with E-state index in [0.29, 0.717) is 0 Å². The molecule has 25 heavy (non-hydrogen) atoms. The maximum absolute atomic E-state index is 12.9. The third kappa shape index (κ3) is 3.01. The van der Waals surface area contributed by atoms with Crippen molar-refractivity contribution >= 4 is 11.0 Å². The molecule has 0 aromatic carbocycles. The number of halogens is 3. The van der Waals surface area contributed by atoms with Gasteiger partial charge in [0.25, 0.3) is 5.56 Å². The molecule has 2 aromatic rings. The van der Waals surface area contributed by atoms with Crippen LogP contribution in [0.15, 0.2) is 16.9 Å². The van der Waals surface area contributed by atoms with Gasteiger partial charge in [-0.1, -0.05) is 0 Å². The number of aromatic nitrogens is 2. The molecular weight excluding hydrogens is 345 g/mol. The summed E-state index contributed by atoms with van der Waals surface area (Å²) in [4.78, 5) is 17.9. The Balaban J connectivity index is 2.10. The largest absolute Gasteiger partial charge is 0.433 e. The van der Waals surface area contributed by atoms with Crippen molar-refractivity contribution in [3.63, 3.8) is 0 Å². The van der Waals surface area contributed by atoms with Crippen LogP contribution in [0.25, 0.3) is 11.0 Å². The molecule has 0 amide bonds. The van der Waals surface area contributed by atoms with Crippen molar-refractivity contribution in [2.75, 3.05) is 6.61 Å². The Labute approximate surface area is 138 Å². The van der Waals surface area contributed by atoms with Gasteiger partial charge in [-0.3, -0.25) is 4.79 Å². The molecule has 0 bridgehead atoms. The predicted molar refractivity (Wildman–Crippen MR) is 78.8 cm³/mol. The fraction of sp³-hybridized carbons (Fsp3) is 0.467. The molecule has 1 unspecified atom stereocenters. The van der Waals surface area contributed by atoms with Crippen molar-refractivity contribution in [2.45, 2.75) is 37.5 Å². The van der Waals surface area contributed by atoms with Gasteiger partial charge < -0.3 is 25.0 Å². The van der Waals surface area contributed by atoms with E-state index in [9.17, 15) is 28.2 Å². The smallest absolute Gasteiger partial charge is 0.394 e. The molecule has 136 valence electrons. The standard InChI is InChI=1S/C15H15F3N2O5/c1-5-2-6-3-7(11-10(23)9(22)8(4-21)25-11)14(24)20-13(6)19-12(5)15(16,17)18/h2-3,8-11,21-23H,4H2,1H3,(H,19,20,24)/t8-,9?,10+,11+/m1/s1. The molecule has 0 radical (unpaired) electrons. The van der Waals surface area contributed by atoms with Gasteiger partial charge in [-0.25, -0.2) is 4.98 Å². The molecule has 3 heterocycles. The minimum atomic E-state index is -4.66. The summed E-state index contributed by atoms with van der Waals surface area (Å²) in [6.07, 6.45) is -9.79. The van der Waals surface area contributed by atoms with Gasteiger partial charge in [0.2, 0.25) is 0 Å². The zero-order valence-corrected chi connectivity index (χ0v) is 12.9. The topological polar surface area (TPSA) is 116 Å². The molecular formula is C15H15F3N2O5. The molecule has 1 aliphatic rings. The van der Waals surface area contributed by atoms with Gasteiger partial charge in [0.1, 0.15) is 35.8 Å². The maximum Gasteiger partial charge on any atom is 0.433 e. The number of hydrogen-bond acceptors (Lipinski definition) is 6. The second-order valence-electron chi connectivity index (χ2n) is 5.90. The van der Waals surface area contributed by atoms with Crippen molar-refractivity contribution in [3.05, 3.63) is 39.3 Å². The average molecular weight is 360 g/mol. The number of nitrogens with zero attached hydrogens (tertiary/aromatic N) is 1. The summed E-state index contributed by atoms with van der Waals surface area (Å²) in [6, 6.07) is 2.47.